The Morgan fingerprint density at radius 3 is 2.43 bits per heavy atom. The summed E-state index contributed by atoms with van der Waals surface area (Å²) in [5.74, 6) is -0.922. The summed E-state index contributed by atoms with van der Waals surface area (Å²) in [5.41, 5.74) is 0. The molecule has 2 N–H and O–H groups in total. The molecule has 1 amide bonds. The molecule has 82 valence electrons. The lowest BCUT2D eigenvalue weighted by atomic mass is 10.3. The van der Waals surface area contributed by atoms with E-state index in [1.54, 1.807) is 11.9 Å². The Labute approximate surface area is 84.1 Å². The van der Waals surface area contributed by atoms with Crippen molar-refractivity contribution >= 4 is 11.9 Å². The standard InChI is InChI=1S/C9H18N2O3/c1-7(2)10-8(12)4-5-11(3)6-9(13)14/h7H,4-6H2,1-3H3,(H,10,12)(H,13,14). The van der Waals surface area contributed by atoms with Crippen LogP contribution < -0.4 is 5.32 Å². The number of carbonyl (C=O) groups excluding carboxylic acids is 1. The van der Waals surface area contributed by atoms with Gasteiger partial charge in [-0.25, -0.2) is 0 Å². The second-order valence-electron chi connectivity index (χ2n) is 3.60. The van der Waals surface area contributed by atoms with Gasteiger partial charge in [0.25, 0.3) is 0 Å². The highest BCUT2D eigenvalue weighted by Crippen LogP contribution is 1.89. The summed E-state index contributed by atoms with van der Waals surface area (Å²) in [4.78, 5) is 23.0. The third-order valence-electron chi connectivity index (χ3n) is 1.58. The molecule has 0 aliphatic carbocycles. The van der Waals surface area contributed by atoms with E-state index in [1.807, 2.05) is 13.8 Å². The molecule has 0 aromatic heterocycles. The van der Waals surface area contributed by atoms with E-state index in [4.69, 9.17) is 5.11 Å². The summed E-state index contributed by atoms with van der Waals surface area (Å²) in [6.45, 7) is 4.21. The van der Waals surface area contributed by atoms with E-state index in [0.717, 1.165) is 0 Å². The maximum Gasteiger partial charge on any atom is 0.317 e. The molecule has 0 unspecified atom stereocenters. The molecule has 0 aliphatic rings. The van der Waals surface area contributed by atoms with Crippen LogP contribution in [0.25, 0.3) is 0 Å². The molecule has 5 nitrogen and oxygen atoms in total. The molecule has 5 heteroatoms. The van der Waals surface area contributed by atoms with Crippen LogP contribution in [0.5, 0.6) is 0 Å². The fraction of sp³-hybridized carbons (Fsp3) is 0.778. The molecule has 0 saturated carbocycles. The van der Waals surface area contributed by atoms with Gasteiger partial charge in [0, 0.05) is 19.0 Å². The van der Waals surface area contributed by atoms with E-state index >= 15 is 0 Å². The van der Waals surface area contributed by atoms with Crippen LogP contribution in [0.15, 0.2) is 0 Å². The van der Waals surface area contributed by atoms with Gasteiger partial charge in [-0.2, -0.15) is 0 Å². The summed E-state index contributed by atoms with van der Waals surface area (Å²) in [6.07, 6.45) is 0.335. The maximum atomic E-state index is 11.2. The number of nitrogens with one attached hydrogen (secondary N) is 1. The quantitative estimate of drug-likeness (QED) is 0.632. The third kappa shape index (κ3) is 7.54. The van der Waals surface area contributed by atoms with Gasteiger partial charge < -0.3 is 10.4 Å². The Bertz CT molecular complexity index is 204. The van der Waals surface area contributed by atoms with Crippen LogP contribution in [0.1, 0.15) is 20.3 Å². The molecular formula is C9H18N2O3. The highest BCUT2D eigenvalue weighted by molar-refractivity contribution is 5.76. The fourth-order valence-corrected chi connectivity index (χ4v) is 0.997. The first-order valence-electron chi connectivity index (χ1n) is 4.61. The summed E-state index contributed by atoms with van der Waals surface area (Å²) in [6, 6.07) is 0.132. The van der Waals surface area contributed by atoms with Crippen molar-refractivity contribution in [2.75, 3.05) is 20.1 Å². The molecule has 0 rings (SSSR count). The molecule has 0 radical (unpaired) electrons. The highest BCUT2D eigenvalue weighted by Gasteiger charge is 2.07. The van der Waals surface area contributed by atoms with Gasteiger partial charge in [-0.05, 0) is 20.9 Å². The number of carboxylic acid groups (broad SMARTS) is 1. The van der Waals surface area contributed by atoms with Crippen LogP contribution in [-0.2, 0) is 9.59 Å². The average Bonchev–Trinajstić information content (AvgIpc) is 1.98. The van der Waals surface area contributed by atoms with Gasteiger partial charge >= 0.3 is 5.97 Å². The van der Waals surface area contributed by atoms with Crippen molar-refractivity contribution < 1.29 is 14.7 Å². The van der Waals surface area contributed by atoms with Crippen molar-refractivity contribution in [2.24, 2.45) is 0 Å². The Morgan fingerprint density at radius 1 is 1.43 bits per heavy atom. The minimum Gasteiger partial charge on any atom is -0.480 e. The Hall–Kier alpha value is -1.10. The highest BCUT2D eigenvalue weighted by atomic mass is 16.4. The van der Waals surface area contributed by atoms with Gasteiger partial charge in [0.1, 0.15) is 0 Å². The second-order valence-corrected chi connectivity index (χ2v) is 3.60. The van der Waals surface area contributed by atoms with E-state index < -0.39 is 5.97 Å². The number of likely N-dealkylation sites (N-methyl/N-ethyl adjacent to an activating group) is 1. The van der Waals surface area contributed by atoms with Gasteiger partial charge in [0.15, 0.2) is 0 Å². The predicted molar refractivity (Wildman–Crippen MR) is 53.0 cm³/mol. The van der Waals surface area contributed by atoms with Crippen molar-refractivity contribution in [1.82, 2.24) is 10.2 Å². The molecule has 0 aromatic rings. The SMILES string of the molecule is CC(C)NC(=O)CCN(C)CC(=O)O. The molecule has 0 saturated heterocycles. The van der Waals surface area contributed by atoms with Gasteiger partial charge in [0.05, 0.1) is 6.54 Å². The van der Waals surface area contributed by atoms with Crippen molar-refractivity contribution in [2.45, 2.75) is 26.3 Å². The number of rotatable bonds is 6. The second kappa shape index (κ2) is 6.37. The first-order valence-corrected chi connectivity index (χ1v) is 4.61. The molecule has 0 aliphatic heterocycles. The Kier molecular flexibility index (Phi) is 5.87. The first-order chi connectivity index (χ1) is 6.41. The molecule has 0 heterocycles. The summed E-state index contributed by atoms with van der Waals surface area (Å²) < 4.78 is 0. The maximum absolute atomic E-state index is 11.2. The zero-order valence-corrected chi connectivity index (χ0v) is 8.91. The molecular weight excluding hydrogens is 184 g/mol. The molecule has 0 aromatic carbocycles. The molecule has 0 spiro atoms. The lowest BCUT2D eigenvalue weighted by Gasteiger charge is -2.14. The Morgan fingerprint density at radius 2 is 2.00 bits per heavy atom. The summed E-state index contributed by atoms with van der Waals surface area (Å²) in [7, 11) is 1.68. The topological polar surface area (TPSA) is 69.6 Å². The number of amides is 1. The van der Waals surface area contributed by atoms with E-state index in [9.17, 15) is 9.59 Å². The molecule has 0 bridgehead atoms. The van der Waals surface area contributed by atoms with Gasteiger partial charge in [-0.3, -0.25) is 14.5 Å². The van der Waals surface area contributed by atoms with Crippen molar-refractivity contribution in [3.8, 4) is 0 Å². The normalized spacial score (nSPS) is 10.6. The summed E-state index contributed by atoms with van der Waals surface area (Å²) >= 11 is 0. The lowest BCUT2D eigenvalue weighted by Crippen LogP contribution is -2.34. The number of nitrogens with zero attached hydrogens (tertiary/aromatic N) is 1. The van der Waals surface area contributed by atoms with Crippen LogP contribution >= 0.6 is 0 Å². The third-order valence-corrected chi connectivity index (χ3v) is 1.58. The van der Waals surface area contributed by atoms with Crippen LogP contribution in [0, 0.1) is 0 Å². The smallest absolute Gasteiger partial charge is 0.317 e. The van der Waals surface area contributed by atoms with Gasteiger partial charge in [0.2, 0.25) is 5.91 Å². The minimum atomic E-state index is -0.878. The summed E-state index contributed by atoms with van der Waals surface area (Å²) in [5, 5.41) is 11.2. The van der Waals surface area contributed by atoms with Crippen LogP contribution in [-0.4, -0.2) is 48.1 Å². The zero-order chi connectivity index (χ0) is 11.1. The monoisotopic (exact) mass is 202 g/mol. The van der Waals surface area contributed by atoms with Crippen molar-refractivity contribution in [1.29, 1.82) is 0 Å². The number of carboxylic acids is 1. The molecule has 0 fully saturated rings. The van der Waals surface area contributed by atoms with Crippen LogP contribution in [0.3, 0.4) is 0 Å². The largest absolute Gasteiger partial charge is 0.480 e. The Balaban J connectivity index is 3.61. The van der Waals surface area contributed by atoms with Gasteiger partial charge in [-0.15, -0.1) is 0 Å². The average molecular weight is 202 g/mol. The van der Waals surface area contributed by atoms with Crippen molar-refractivity contribution in [3.63, 3.8) is 0 Å². The lowest BCUT2D eigenvalue weighted by molar-refractivity contribution is -0.138. The number of aliphatic carboxylic acids is 1. The predicted octanol–water partition coefficient (Wildman–Crippen LogP) is -0.0825. The van der Waals surface area contributed by atoms with E-state index in [0.29, 0.717) is 13.0 Å². The van der Waals surface area contributed by atoms with E-state index in [1.165, 1.54) is 0 Å². The van der Waals surface area contributed by atoms with Crippen LogP contribution in [0.4, 0.5) is 0 Å². The zero-order valence-electron chi connectivity index (χ0n) is 8.91. The van der Waals surface area contributed by atoms with E-state index in [2.05, 4.69) is 5.32 Å². The van der Waals surface area contributed by atoms with E-state index in [-0.39, 0.29) is 18.5 Å². The van der Waals surface area contributed by atoms with Gasteiger partial charge in [-0.1, -0.05) is 0 Å². The molecule has 0 atom stereocenters. The molecule has 14 heavy (non-hydrogen) atoms. The minimum absolute atomic E-state index is 0.0328. The number of hydrogen-bond acceptors (Lipinski definition) is 3. The first kappa shape index (κ1) is 12.9. The number of carbonyl (C=O) groups is 2. The fourth-order valence-electron chi connectivity index (χ4n) is 0.997. The van der Waals surface area contributed by atoms with Crippen molar-refractivity contribution in [3.05, 3.63) is 0 Å². The number of hydrogen-bond donors (Lipinski definition) is 2. The van der Waals surface area contributed by atoms with Crippen LogP contribution in [0.2, 0.25) is 0 Å².